The summed E-state index contributed by atoms with van der Waals surface area (Å²) in [4.78, 5) is 10.9. The third-order valence-electron chi connectivity index (χ3n) is 1.53. The Morgan fingerprint density at radius 1 is 1.42 bits per heavy atom. The number of hydrogen-bond donors (Lipinski definition) is 1. The fourth-order valence-electron chi connectivity index (χ4n) is 0.845. The quantitative estimate of drug-likeness (QED) is 0.398. The van der Waals surface area contributed by atoms with Crippen LogP contribution in [-0.2, 0) is 6.61 Å². The van der Waals surface area contributed by atoms with E-state index in [9.17, 15) is 4.79 Å². The largest absolute Gasteiger partial charge is 0.392 e. The number of aliphatic hydroxyl groups is 1. The van der Waals surface area contributed by atoms with Crippen LogP contribution in [0.2, 0.25) is 0 Å². The summed E-state index contributed by atoms with van der Waals surface area (Å²) < 4.78 is 0. The lowest BCUT2D eigenvalue weighted by Crippen LogP contribution is -1.94. The Morgan fingerprint density at radius 3 is 2.42 bits per heavy atom. The lowest BCUT2D eigenvalue weighted by molar-refractivity contribution is 0.105. The van der Waals surface area contributed by atoms with Gasteiger partial charge in [-0.25, -0.2) is 0 Å². The Hall–Kier alpha value is -1.59. The average molecular weight is 160 g/mol. The fourth-order valence-corrected chi connectivity index (χ4v) is 0.845. The first kappa shape index (κ1) is 8.51. The molecule has 1 rings (SSSR count). The van der Waals surface area contributed by atoms with Crippen molar-refractivity contribution >= 4 is 5.78 Å². The molecular formula is C10H8O2. The predicted molar refractivity (Wildman–Crippen MR) is 45.5 cm³/mol. The van der Waals surface area contributed by atoms with E-state index in [-0.39, 0.29) is 12.4 Å². The van der Waals surface area contributed by atoms with Gasteiger partial charge in [-0.05, 0) is 11.5 Å². The molecule has 0 bridgehead atoms. The predicted octanol–water partition coefficient (Wildman–Crippen LogP) is 0.995. The van der Waals surface area contributed by atoms with Crippen molar-refractivity contribution in [2.24, 2.45) is 0 Å². The van der Waals surface area contributed by atoms with Crippen LogP contribution in [0, 0.1) is 12.3 Å². The fraction of sp³-hybridized carbons (Fsp3) is 0.100. The van der Waals surface area contributed by atoms with Gasteiger partial charge in [0.1, 0.15) is 0 Å². The zero-order valence-electron chi connectivity index (χ0n) is 6.45. The number of hydrogen-bond acceptors (Lipinski definition) is 2. The van der Waals surface area contributed by atoms with E-state index in [4.69, 9.17) is 11.5 Å². The van der Waals surface area contributed by atoms with Gasteiger partial charge in [0.05, 0.1) is 6.61 Å². The minimum Gasteiger partial charge on any atom is -0.392 e. The number of carbonyl (C=O) groups excluding carboxylic acids is 1. The lowest BCUT2D eigenvalue weighted by Gasteiger charge is -1.96. The molecule has 0 aromatic heterocycles. The minimum absolute atomic E-state index is 0.0233. The van der Waals surface area contributed by atoms with Gasteiger partial charge < -0.3 is 5.11 Å². The molecular weight excluding hydrogens is 152 g/mol. The number of aliphatic hydroxyl groups excluding tert-OH is 1. The topological polar surface area (TPSA) is 37.3 Å². The standard InChI is InChI=1S/C10H8O2/c1-2-10(12)9-5-3-8(7-11)4-6-9/h1,3-6,11H,7H2. The van der Waals surface area contributed by atoms with Crippen LogP contribution in [0.4, 0.5) is 0 Å². The molecule has 0 amide bonds. The Labute approximate surface area is 70.8 Å². The molecule has 0 fully saturated rings. The first-order chi connectivity index (χ1) is 5.77. The molecule has 0 aliphatic rings. The number of ketones is 1. The highest BCUT2D eigenvalue weighted by molar-refractivity contribution is 6.08. The number of terminal acetylenes is 1. The molecule has 60 valence electrons. The first-order valence-corrected chi connectivity index (χ1v) is 3.48. The summed E-state index contributed by atoms with van der Waals surface area (Å²) in [5.41, 5.74) is 1.25. The van der Waals surface area contributed by atoms with Crippen LogP contribution in [0.3, 0.4) is 0 Å². The van der Waals surface area contributed by atoms with Crippen LogP contribution < -0.4 is 0 Å². The third kappa shape index (κ3) is 1.71. The molecule has 2 heteroatoms. The van der Waals surface area contributed by atoms with E-state index >= 15 is 0 Å². The molecule has 0 saturated heterocycles. The normalized spacial score (nSPS) is 9.00. The number of carbonyl (C=O) groups is 1. The average Bonchev–Trinajstić information content (AvgIpc) is 2.17. The maximum absolute atomic E-state index is 10.9. The SMILES string of the molecule is C#CC(=O)c1ccc(CO)cc1. The molecule has 0 unspecified atom stereocenters. The van der Waals surface area contributed by atoms with Crippen molar-refractivity contribution in [1.29, 1.82) is 0 Å². The molecule has 1 N–H and O–H groups in total. The molecule has 0 aliphatic carbocycles. The molecule has 0 aliphatic heterocycles. The molecule has 1 aromatic carbocycles. The van der Waals surface area contributed by atoms with Gasteiger partial charge in [0.2, 0.25) is 5.78 Å². The zero-order valence-corrected chi connectivity index (χ0v) is 6.45. The summed E-state index contributed by atoms with van der Waals surface area (Å²) >= 11 is 0. The maximum atomic E-state index is 10.9. The Kier molecular flexibility index (Phi) is 2.62. The summed E-state index contributed by atoms with van der Waals surface area (Å²) in [7, 11) is 0. The van der Waals surface area contributed by atoms with Gasteiger partial charge in [-0.15, -0.1) is 6.42 Å². The van der Waals surface area contributed by atoms with Crippen LogP contribution >= 0.6 is 0 Å². The van der Waals surface area contributed by atoms with Gasteiger partial charge in [-0.2, -0.15) is 0 Å². The Balaban J connectivity index is 2.94. The van der Waals surface area contributed by atoms with E-state index in [1.54, 1.807) is 24.3 Å². The lowest BCUT2D eigenvalue weighted by atomic mass is 10.1. The summed E-state index contributed by atoms with van der Waals surface area (Å²) in [5, 5.41) is 8.70. The molecule has 0 spiro atoms. The number of rotatable bonds is 2. The third-order valence-corrected chi connectivity index (χ3v) is 1.53. The highest BCUT2D eigenvalue weighted by atomic mass is 16.3. The van der Waals surface area contributed by atoms with Crippen LogP contribution in [0.1, 0.15) is 15.9 Å². The van der Waals surface area contributed by atoms with Crippen molar-refractivity contribution in [2.45, 2.75) is 6.61 Å². The van der Waals surface area contributed by atoms with Crippen LogP contribution in [0.15, 0.2) is 24.3 Å². The number of benzene rings is 1. The van der Waals surface area contributed by atoms with Gasteiger partial charge in [-0.3, -0.25) is 4.79 Å². The highest BCUT2D eigenvalue weighted by Crippen LogP contribution is 2.04. The van der Waals surface area contributed by atoms with Gasteiger partial charge in [-0.1, -0.05) is 24.3 Å². The van der Waals surface area contributed by atoms with Crippen LogP contribution in [0.5, 0.6) is 0 Å². The molecule has 1 aromatic rings. The molecule has 0 atom stereocenters. The summed E-state index contributed by atoms with van der Waals surface area (Å²) in [6.07, 6.45) is 4.93. The summed E-state index contributed by atoms with van der Waals surface area (Å²) in [6.45, 7) is -0.0233. The molecule has 2 nitrogen and oxygen atoms in total. The minimum atomic E-state index is -0.334. The Bertz CT molecular complexity index is 317. The highest BCUT2D eigenvalue weighted by Gasteiger charge is 1.99. The first-order valence-electron chi connectivity index (χ1n) is 3.48. The van der Waals surface area contributed by atoms with Crippen molar-refractivity contribution in [2.75, 3.05) is 0 Å². The van der Waals surface area contributed by atoms with Crippen molar-refractivity contribution in [3.8, 4) is 12.3 Å². The second kappa shape index (κ2) is 3.70. The van der Waals surface area contributed by atoms with Gasteiger partial charge in [0, 0.05) is 5.56 Å². The maximum Gasteiger partial charge on any atom is 0.235 e. The van der Waals surface area contributed by atoms with Crippen LogP contribution in [-0.4, -0.2) is 10.9 Å². The van der Waals surface area contributed by atoms with Gasteiger partial charge >= 0.3 is 0 Å². The van der Waals surface area contributed by atoms with Crippen molar-refractivity contribution in [3.05, 3.63) is 35.4 Å². The summed E-state index contributed by atoms with van der Waals surface area (Å²) in [6, 6.07) is 6.55. The molecule has 0 radical (unpaired) electrons. The van der Waals surface area contributed by atoms with E-state index in [0.717, 1.165) is 5.56 Å². The van der Waals surface area contributed by atoms with E-state index in [2.05, 4.69) is 0 Å². The molecule has 0 saturated carbocycles. The Morgan fingerprint density at radius 2 is 2.00 bits per heavy atom. The second-order valence-corrected chi connectivity index (χ2v) is 2.33. The monoisotopic (exact) mass is 160 g/mol. The van der Waals surface area contributed by atoms with E-state index in [1.807, 2.05) is 5.92 Å². The van der Waals surface area contributed by atoms with E-state index in [0.29, 0.717) is 5.56 Å². The zero-order chi connectivity index (χ0) is 8.97. The van der Waals surface area contributed by atoms with Crippen molar-refractivity contribution < 1.29 is 9.90 Å². The molecule has 0 heterocycles. The van der Waals surface area contributed by atoms with Gasteiger partial charge in [0.25, 0.3) is 0 Å². The van der Waals surface area contributed by atoms with Crippen molar-refractivity contribution in [1.82, 2.24) is 0 Å². The van der Waals surface area contributed by atoms with E-state index in [1.165, 1.54) is 0 Å². The molecule has 12 heavy (non-hydrogen) atoms. The second-order valence-electron chi connectivity index (χ2n) is 2.33. The summed E-state index contributed by atoms with van der Waals surface area (Å²) in [5.74, 6) is 1.68. The van der Waals surface area contributed by atoms with Gasteiger partial charge in [0.15, 0.2) is 0 Å². The van der Waals surface area contributed by atoms with Crippen molar-refractivity contribution in [3.63, 3.8) is 0 Å². The number of Topliss-reactive ketones (excluding diaryl/α,β-unsaturated/α-hetero) is 1. The van der Waals surface area contributed by atoms with E-state index < -0.39 is 0 Å². The van der Waals surface area contributed by atoms with Crippen LogP contribution in [0.25, 0.3) is 0 Å². The smallest absolute Gasteiger partial charge is 0.235 e.